The highest BCUT2D eigenvalue weighted by atomic mass is 16.5. The SMILES string of the molecule is CC(=O)[C@H](N=Nc1ccc(N2CCOCC2)cc1)C(=O)Nc1ccccc1. The van der Waals surface area contributed by atoms with Crippen molar-refractivity contribution in [1.82, 2.24) is 0 Å². The lowest BCUT2D eigenvalue weighted by Crippen LogP contribution is -2.36. The highest BCUT2D eigenvalue weighted by molar-refractivity contribution is 6.10. The fraction of sp³-hybridized carbons (Fsp3) is 0.300. The number of carbonyl (C=O) groups excluding carboxylic acids is 2. The zero-order valence-electron chi connectivity index (χ0n) is 15.2. The first-order valence-electron chi connectivity index (χ1n) is 8.83. The first-order chi connectivity index (χ1) is 13.1. The number of nitrogens with zero attached hydrogens (tertiary/aromatic N) is 3. The number of anilines is 2. The van der Waals surface area contributed by atoms with Crippen molar-refractivity contribution in [3.63, 3.8) is 0 Å². The number of nitrogens with one attached hydrogen (secondary N) is 1. The van der Waals surface area contributed by atoms with E-state index >= 15 is 0 Å². The predicted molar refractivity (Wildman–Crippen MR) is 104 cm³/mol. The van der Waals surface area contributed by atoms with Crippen molar-refractivity contribution in [3.05, 3.63) is 54.6 Å². The molecule has 2 aromatic carbocycles. The van der Waals surface area contributed by atoms with Crippen LogP contribution in [0.1, 0.15) is 6.92 Å². The van der Waals surface area contributed by atoms with Gasteiger partial charge in [0.25, 0.3) is 5.91 Å². The molecule has 3 rings (SSSR count). The highest BCUT2D eigenvalue weighted by Gasteiger charge is 2.23. The summed E-state index contributed by atoms with van der Waals surface area (Å²) in [7, 11) is 0. The van der Waals surface area contributed by atoms with Gasteiger partial charge in [-0.2, -0.15) is 10.2 Å². The topological polar surface area (TPSA) is 83.4 Å². The van der Waals surface area contributed by atoms with E-state index in [1.807, 2.05) is 30.3 Å². The normalized spacial score (nSPS) is 15.5. The van der Waals surface area contributed by atoms with Crippen molar-refractivity contribution >= 4 is 28.8 Å². The van der Waals surface area contributed by atoms with Crippen LogP contribution in [-0.4, -0.2) is 44.0 Å². The van der Waals surface area contributed by atoms with E-state index in [9.17, 15) is 9.59 Å². The molecule has 7 heteroatoms. The number of ketones is 1. The molecule has 27 heavy (non-hydrogen) atoms. The first-order valence-corrected chi connectivity index (χ1v) is 8.83. The third-order valence-corrected chi connectivity index (χ3v) is 4.19. The second-order valence-corrected chi connectivity index (χ2v) is 6.20. The van der Waals surface area contributed by atoms with Crippen molar-refractivity contribution in [2.24, 2.45) is 10.2 Å². The third-order valence-electron chi connectivity index (χ3n) is 4.19. The molecule has 1 aliphatic heterocycles. The minimum atomic E-state index is -1.18. The van der Waals surface area contributed by atoms with Gasteiger partial charge in [-0.1, -0.05) is 18.2 Å². The van der Waals surface area contributed by atoms with Crippen LogP contribution in [0.15, 0.2) is 64.8 Å². The molecule has 0 aromatic heterocycles. The Morgan fingerprint density at radius 2 is 1.70 bits per heavy atom. The van der Waals surface area contributed by atoms with Crippen LogP contribution in [0.25, 0.3) is 0 Å². The van der Waals surface area contributed by atoms with Crippen LogP contribution in [-0.2, 0) is 14.3 Å². The standard InChI is InChI=1S/C20H22N4O3/c1-15(25)19(20(26)21-16-5-3-2-4-6-16)23-22-17-7-9-18(10-8-17)24-11-13-27-14-12-24/h2-10,19H,11-14H2,1H3,(H,21,26)/t19-/m0/s1. The van der Waals surface area contributed by atoms with Crippen molar-refractivity contribution < 1.29 is 14.3 Å². The predicted octanol–water partition coefficient (Wildman–Crippen LogP) is 3.20. The van der Waals surface area contributed by atoms with E-state index in [0.717, 1.165) is 32.0 Å². The molecule has 2 aromatic rings. The van der Waals surface area contributed by atoms with Gasteiger partial charge < -0.3 is 15.0 Å². The van der Waals surface area contributed by atoms with E-state index in [4.69, 9.17) is 4.74 Å². The second-order valence-electron chi connectivity index (χ2n) is 6.20. The van der Waals surface area contributed by atoms with Crippen LogP contribution in [0.3, 0.4) is 0 Å². The number of benzene rings is 2. The number of carbonyl (C=O) groups is 2. The fourth-order valence-corrected chi connectivity index (χ4v) is 2.73. The van der Waals surface area contributed by atoms with Gasteiger partial charge in [0.2, 0.25) is 6.04 Å². The van der Waals surface area contributed by atoms with E-state index in [1.54, 1.807) is 24.3 Å². The van der Waals surface area contributed by atoms with Crippen molar-refractivity contribution in [3.8, 4) is 0 Å². The van der Waals surface area contributed by atoms with Crippen molar-refractivity contribution in [2.45, 2.75) is 13.0 Å². The molecule has 7 nitrogen and oxygen atoms in total. The van der Waals surface area contributed by atoms with Crippen LogP contribution < -0.4 is 10.2 Å². The summed E-state index contributed by atoms with van der Waals surface area (Å²) in [5.74, 6) is -0.862. The molecule has 0 saturated carbocycles. The van der Waals surface area contributed by atoms with E-state index < -0.39 is 11.9 Å². The average molecular weight is 366 g/mol. The zero-order valence-corrected chi connectivity index (χ0v) is 15.2. The van der Waals surface area contributed by atoms with E-state index in [-0.39, 0.29) is 5.78 Å². The molecule has 1 aliphatic rings. The number of para-hydroxylation sites is 1. The summed E-state index contributed by atoms with van der Waals surface area (Å²) in [6.07, 6.45) is 0. The average Bonchev–Trinajstić information content (AvgIpc) is 2.70. The molecule has 1 fully saturated rings. The molecular formula is C20H22N4O3. The zero-order chi connectivity index (χ0) is 19.1. The molecule has 1 heterocycles. The van der Waals surface area contributed by atoms with Gasteiger partial charge in [0.05, 0.1) is 18.9 Å². The Balaban J connectivity index is 1.66. The van der Waals surface area contributed by atoms with Gasteiger partial charge >= 0.3 is 0 Å². The van der Waals surface area contributed by atoms with Gasteiger partial charge in [0.1, 0.15) is 0 Å². The maximum absolute atomic E-state index is 12.3. The Hall–Kier alpha value is -3.06. The summed E-state index contributed by atoms with van der Waals surface area (Å²) >= 11 is 0. The summed E-state index contributed by atoms with van der Waals surface area (Å²) in [6.45, 7) is 4.48. The lowest BCUT2D eigenvalue weighted by molar-refractivity contribution is -0.126. The molecule has 0 spiro atoms. The number of ether oxygens (including phenoxy) is 1. The van der Waals surface area contributed by atoms with Crippen molar-refractivity contribution in [1.29, 1.82) is 0 Å². The Morgan fingerprint density at radius 1 is 1.04 bits per heavy atom. The van der Waals surface area contributed by atoms with E-state index in [2.05, 4.69) is 20.4 Å². The molecule has 0 radical (unpaired) electrons. The number of hydrogen-bond donors (Lipinski definition) is 1. The molecule has 0 bridgehead atoms. The smallest absolute Gasteiger partial charge is 0.258 e. The maximum Gasteiger partial charge on any atom is 0.258 e. The number of rotatable bonds is 6. The summed E-state index contributed by atoms with van der Waals surface area (Å²) in [5, 5.41) is 10.7. The largest absolute Gasteiger partial charge is 0.378 e. The monoisotopic (exact) mass is 366 g/mol. The number of amides is 1. The maximum atomic E-state index is 12.3. The number of hydrogen-bond acceptors (Lipinski definition) is 6. The van der Waals surface area contributed by atoms with Gasteiger partial charge in [0, 0.05) is 24.5 Å². The lowest BCUT2D eigenvalue weighted by atomic mass is 10.2. The fourth-order valence-electron chi connectivity index (χ4n) is 2.73. The van der Waals surface area contributed by atoms with Gasteiger partial charge in [-0.15, -0.1) is 0 Å². The Kier molecular flexibility index (Phi) is 6.27. The summed E-state index contributed by atoms with van der Waals surface area (Å²) in [6, 6.07) is 15.3. The quantitative estimate of drug-likeness (QED) is 0.629. The summed E-state index contributed by atoms with van der Waals surface area (Å²) < 4.78 is 5.35. The summed E-state index contributed by atoms with van der Waals surface area (Å²) in [4.78, 5) is 26.4. The molecule has 0 aliphatic carbocycles. The van der Waals surface area contributed by atoms with Gasteiger partial charge in [-0.05, 0) is 43.3 Å². The van der Waals surface area contributed by atoms with Crippen LogP contribution in [0.2, 0.25) is 0 Å². The lowest BCUT2D eigenvalue weighted by Gasteiger charge is -2.28. The summed E-state index contributed by atoms with van der Waals surface area (Å²) in [5.41, 5.74) is 2.28. The molecule has 1 atom stereocenters. The van der Waals surface area contributed by atoms with Crippen LogP contribution in [0.5, 0.6) is 0 Å². The first kappa shape index (κ1) is 18.7. The number of Topliss-reactive ketones (excluding diaryl/α,β-unsaturated/α-hetero) is 1. The minimum Gasteiger partial charge on any atom is -0.378 e. The highest BCUT2D eigenvalue weighted by Crippen LogP contribution is 2.21. The Morgan fingerprint density at radius 3 is 2.33 bits per heavy atom. The van der Waals surface area contributed by atoms with Crippen LogP contribution in [0, 0.1) is 0 Å². The van der Waals surface area contributed by atoms with Gasteiger partial charge in [-0.3, -0.25) is 9.59 Å². The number of morpholine rings is 1. The third kappa shape index (κ3) is 5.21. The molecular weight excluding hydrogens is 344 g/mol. The Labute approximate surface area is 158 Å². The van der Waals surface area contributed by atoms with E-state index in [1.165, 1.54) is 6.92 Å². The second kappa shape index (κ2) is 9.05. The van der Waals surface area contributed by atoms with Gasteiger partial charge in [-0.25, -0.2) is 0 Å². The van der Waals surface area contributed by atoms with Gasteiger partial charge in [0.15, 0.2) is 5.78 Å². The Bertz CT molecular complexity index is 800. The minimum absolute atomic E-state index is 0.364. The van der Waals surface area contributed by atoms with E-state index in [0.29, 0.717) is 11.4 Å². The molecule has 1 saturated heterocycles. The molecule has 1 N–H and O–H groups in total. The molecule has 140 valence electrons. The number of azo groups is 1. The van der Waals surface area contributed by atoms with Crippen LogP contribution >= 0.6 is 0 Å². The molecule has 1 amide bonds. The van der Waals surface area contributed by atoms with Crippen molar-refractivity contribution in [2.75, 3.05) is 36.5 Å². The molecule has 0 unspecified atom stereocenters. The van der Waals surface area contributed by atoms with Crippen LogP contribution in [0.4, 0.5) is 17.1 Å².